The highest BCUT2D eigenvalue weighted by atomic mass is 16.1. The molecule has 0 bridgehead atoms. The summed E-state index contributed by atoms with van der Waals surface area (Å²) in [6.45, 7) is 2.41. The fourth-order valence-electron chi connectivity index (χ4n) is 2.74. The van der Waals surface area contributed by atoms with Crippen molar-refractivity contribution in [3.8, 4) is 5.82 Å². The number of H-pyrrole nitrogens is 1. The molecule has 3 aromatic heterocycles. The minimum absolute atomic E-state index is 0.212. The topological polar surface area (TPSA) is 94.5 Å². The Balaban J connectivity index is 1.89. The van der Waals surface area contributed by atoms with Crippen molar-refractivity contribution in [1.82, 2.24) is 24.3 Å². The third kappa shape index (κ3) is 2.36. The van der Waals surface area contributed by atoms with Crippen LogP contribution in [0.4, 0.5) is 5.82 Å². The lowest BCUT2D eigenvalue weighted by atomic mass is 10.2. The number of pyridine rings is 1. The molecule has 3 heterocycles. The van der Waals surface area contributed by atoms with Crippen LogP contribution in [0, 0.1) is 6.92 Å². The summed E-state index contributed by atoms with van der Waals surface area (Å²) in [5.74, 6) is 0.855. The Morgan fingerprint density at radius 3 is 2.75 bits per heavy atom. The zero-order valence-corrected chi connectivity index (χ0v) is 13.1. The van der Waals surface area contributed by atoms with Crippen LogP contribution >= 0.6 is 0 Å². The number of aryl methyl sites for hydroxylation is 1. The molecule has 3 N–H and O–H groups in total. The van der Waals surface area contributed by atoms with E-state index >= 15 is 0 Å². The molecular weight excluding hydrogens is 304 g/mol. The largest absolute Gasteiger partial charge is 0.382 e. The van der Waals surface area contributed by atoms with Crippen molar-refractivity contribution in [3.63, 3.8) is 0 Å². The van der Waals surface area contributed by atoms with Crippen molar-refractivity contribution >= 4 is 16.9 Å². The van der Waals surface area contributed by atoms with Gasteiger partial charge >= 0.3 is 5.69 Å². The van der Waals surface area contributed by atoms with Crippen LogP contribution in [0.25, 0.3) is 16.9 Å². The fraction of sp³-hybridized carbons (Fsp3) is 0.118. The molecule has 0 unspecified atom stereocenters. The van der Waals surface area contributed by atoms with Crippen LogP contribution in [-0.2, 0) is 6.54 Å². The van der Waals surface area contributed by atoms with Crippen molar-refractivity contribution in [2.45, 2.75) is 13.5 Å². The van der Waals surface area contributed by atoms with E-state index in [4.69, 9.17) is 5.73 Å². The highest BCUT2D eigenvalue weighted by molar-refractivity contribution is 5.86. The van der Waals surface area contributed by atoms with E-state index in [9.17, 15) is 4.79 Å². The maximum atomic E-state index is 12.3. The van der Waals surface area contributed by atoms with Crippen LogP contribution < -0.4 is 11.4 Å². The predicted molar refractivity (Wildman–Crippen MR) is 92.2 cm³/mol. The number of nitrogen functional groups attached to an aromatic ring is 1. The van der Waals surface area contributed by atoms with E-state index in [1.807, 2.05) is 49.5 Å². The fourth-order valence-corrected chi connectivity index (χ4v) is 2.74. The van der Waals surface area contributed by atoms with Gasteiger partial charge in [0.25, 0.3) is 0 Å². The van der Waals surface area contributed by atoms with Gasteiger partial charge < -0.3 is 10.7 Å². The first kappa shape index (κ1) is 14.3. The lowest BCUT2D eigenvalue weighted by Crippen LogP contribution is -2.17. The Labute approximate surface area is 137 Å². The van der Waals surface area contributed by atoms with Gasteiger partial charge in [0.1, 0.15) is 5.52 Å². The smallest absolute Gasteiger partial charge is 0.326 e. The Bertz CT molecular complexity index is 1070. The molecule has 1 aromatic carbocycles. The summed E-state index contributed by atoms with van der Waals surface area (Å²) in [6.07, 6.45) is 3.61. The van der Waals surface area contributed by atoms with Crippen LogP contribution in [0.3, 0.4) is 0 Å². The zero-order chi connectivity index (χ0) is 16.7. The van der Waals surface area contributed by atoms with Gasteiger partial charge in [0.15, 0.2) is 11.6 Å². The van der Waals surface area contributed by atoms with Crippen molar-refractivity contribution < 1.29 is 0 Å². The molecule has 0 radical (unpaired) electrons. The summed E-state index contributed by atoms with van der Waals surface area (Å²) in [5, 5.41) is 4.26. The van der Waals surface area contributed by atoms with Gasteiger partial charge in [-0.25, -0.2) is 14.5 Å². The Morgan fingerprint density at radius 1 is 1.25 bits per heavy atom. The van der Waals surface area contributed by atoms with E-state index in [-0.39, 0.29) is 11.5 Å². The molecule has 0 aliphatic rings. The van der Waals surface area contributed by atoms with Crippen LogP contribution in [0.2, 0.25) is 0 Å². The summed E-state index contributed by atoms with van der Waals surface area (Å²) in [6, 6.07) is 11.6. The predicted octanol–water partition coefficient (Wildman–Crippen LogP) is 1.85. The number of fused-ring (bicyclic) bond motifs is 1. The molecule has 4 aromatic rings. The quantitative estimate of drug-likeness (QED) is 0.602. The minimum atomic E-state index is -0.212. The molecule has 0 saturated carbocycles. The van der Waals surface area contributed by atoms with Crippen molar-refractivity contribution in [2.24, 2.45) is 0 Å². The summed E-state index contributed by atoms with van der Waals surface area (Å²) in [5.41, 5.74) is 9.14. The van der Waals surface area contributed by atoms with Crippen molar-refractivity contribution in [2.75, 3.05) is 5.73 Å². The van der Waals surface area contributed by atoms with Crippen LogP contribution in [0.1, 0.15) is 11.1 Å². The highest BCUT2D eigenvalue weighted by Gasteiger charge is 2.13. The molecule has 0 fully saturated rings. The van der Waals surface area contributed by atoms with Crippen LogP contribution in [0.15, 0.2) is 53.6 Å². The first-order chi connectivity index (χ1) is 11.6. The second-order valence-electron chi connectivity index (χ2n) is 5.72. The van der Waals surface area contributed by atoms with Crippen LogP contribution in [0.5, 0.6) is 0 Å². The number of aromatic amines is 1. The van der Waals surface area contributed by atoms with E-state index in [0.29, 0.717) is 23.4 Å². The Hall–Kier alpha value is -3.35. The number of imidazole rings is 1. The lowest BCUT2D eigenvalue weighted by molar-refractivity contribution is 0.785. The maximum Gasteiger partial charge on any atom is 0.326 e. The number of benzene rings is 1. The molecule has 7 heteroatoms. The van der Waals surface area contributed by atoms with Crippen LogP contribution in [-0.4, -0.2) is 24.3 Å². The van der Waals surface area contributed by atoms with Crippen molar-refractivity contribution in [3.05, 3.63) is 70.4 Å². The number of nitrogens with two attached hydrogens (primary N) is 1. The number of hydrogen-bond acceptors (Lipinski definition) is 4. The third-order valence-electron chi connectivity index (χ3n) is 3.91. The first-order valence-corrected chi connectivity index (χ1v) is 7.56. The minimum Gasteiger partial charge on any atom is -0.382 e. The molecule has 0 aliphatic heterocycles. The number of nitrogens with one attached hydrogen (secondary N) is 1. The third-order valence-corrected chi connectivity index (χ3v) is 3.91. The van der Waals surface area contributed by atoms with E-state index in [1.165, 1.54) is 0 Å². The average molecular weight is 320 g/mol. The molecule has 0 aliphatic carbocycles. The van der Waals surface area contributed by atoms with E-state index in [1.54, 1.807) is 15.4 Å². The van der Waals surface area contributed by atoms with Gasteiger partial charge in [-0.1, -0.05) is 30.3 Å². The van der Waals surface area contributed by atoms with E-state index in [0.717, 1.165) is 11.1 Å². The molecule has 0 amide bonds. The molecule has 7 nitrogen and oxygen atoms in total. The second kappa shape index (κ2) is 5.38. The first-order valence-electron chi connectivity index (χ1n) is 7.56. The standard InChI is InChI=1S/C17H16N6O/c1-11-8-19-23(9-11)14-7-13-15(16(18)20-14)21-17(24)22(13)10-12-5-3-2-4-6-12/h2-9H,10H2,1H3,(H2,18,20)(H,21,24). The van der Waals surface area contributed by atoms with Crippen molar-refractivity contribution in [1.29, 1.82) is 0 Å². The highest BCUT2D eigenvalue weighted by Crippen LogP contribution is 2.20. The monoisotopic (exact) mass is 320 g/mol. The van der Waals surface area contributed by atoms with Gasteiger partial charge in [-0.2, -0.15) is 5.10 Å². The van der Waals surface area contributed by atoms with Gasteiger partial charge in [-0.05, 0) is 18.1 Å². The summed E-state index contributed by atoms with van der Waals surface area (Å²) >= 11 is 0. The second-order valence-corrected chi connectivity index (χ2v) is 5.72. The summed E-state index contributed by atoms with van der Waals surface area (Å²) in [4.78, 5) is 19.5. The van der Waals surface area contributed by atoms with E-state index < -0.39 is 0 Å². The number of nitrogens with zero attached hydrogens (tertiary/aromatic N) is 4. The number of rotatable bonds is 3. The molecule has 4 rings (SSSR count). The summed E-state index contributed by atoms with van der Waals surface area (Å²) < 4.78 is 3.30. The average Bonchev–Trinajstić information content (AvgIpc) is 3.14. The molecule has 0 atom stereocenters. The van der Waals surface area contributed by atoms with Gasteiger partial charge in [0.05, 0.1) is 18.3 Å². The molecule has 0 saturated heterocycles. The molecular formula is C17H16N6O. The normalized spacial score (nSPS) is 11.2. The Kier molecular flexibility index (Phi) is 3.19. The number of aromatic nitrogens is 5. The van der Waals surface area contributed by atoms with Gasteiger partial charge in [-0.15, -0.1) is 0 Å². The molecule has 120 valence electrons. The van der Waals surface area contributed by atoms with Gasteiger partial charge in [-0.3, -0.25) is 4.57 Å². The number of hydrogen-bond donors (Lipinski definition) is 2. The zero-order valence-electron chi connectivity index (χ0n) is 13.1. The SMILES string of the molecule is Cc1cnn(-c2cc3c([nH]c(=O)n3Cc3ccccc3)c(N)n2)c1. The maximum absolute atomic E-state index is 12.3. The Morgan fingerprint density at radius 2 is 2.04 bits per heavy atom. The van der Waals surface area contributed by atoms with Gasteiger partial charge in [0.2, 0.25) is 0 Å². The lowest BCUT2D eigenvalue weighted by Gasteiger charge is -2.06. The molecule has 0 spiro atoms. The van der Waals surface area contributed by atoms with Gasteiger partial charge in [0, 0.05) is 12.3 Å². The summed E-state index contributed by atoms with van der Waals surface area (Å²) in [7, 11) is 0. The van der Waals surface area contributed by atoms with E-state index in [2.05, 4.69) is 15.1 Å². The molecule has 24 heavy (non-hydrogen) atoms. The number of anilines is 1.